The number of pyridine rings is 2. The van der Waals surface area contributed by atoms with Crippen molar-refractivity contribution in [2.45, 2.75) is 32.5 Å². The molecule has 1 fully saturated rings. The van der Waals surface area contributed by atoms with E-state index in [1.165, 1.54) is 6.20 Å². The van der Waals surface area contributed by atoms with Gasteiger partial charge in [-0.05, 0) is 50.6 Å². The third-order valence-corrected chi connectivity index (χ3v) is 5.11. The van der Waals surface area contributed by atoms with Crippen molar-refractivity contribution in [3.63, 3.8) is 0 Å². The van der Waals surface area contributed by atoms with Crippen LogP contribution in [0.3, 0.4) is 0 Å². The maximum atomic E-state index is 12.4. The lowest BCUT2D eigenvalue weighted by Gasteiger charge is -2.13. The first-order valence-corrected chi connectivity index (χ1v) is 10.3. The second-order valence-corrected chi connectivity index (χ2v) is 7.82. The number of aryl methyl sites for hydroxylation is 1. The van der Waals surface area contributed by atoms with Gasteiger partial charge in [-0.15, -0.1) is 0 Å². The Kier molecular flexibility index (Phi) is 6.26. The van der Waals surface area contributed by atoms with E-state index < -0.39 is 12.8 Å². The Balaban J connectivity index is 1.45. The highest BCUT2D eigenvalue weighted by Crippen LogP contribution is 2.23. The molecule has 1 N–H and O–H groups in total. The van der Waals surface area contributed by atoms with Crippen LogP contribution in [0.2, 0.25) is 0 Å². The van der Waals surface area contributed by atoms with Gasteiger partial charge in [0, 0.05) is 24.2 Å². The van der Waals surface area contributed by atoms with E-state index in [-0.39, 0.29) is 11.8 Å². The molecule has 0 radical (unpaired) electrons. The number of hydrogen-bond acceptors (Lipinski definition) is 6. The molecular weight excluding hydrogens is 425 g/mol. The molecule has 32 heavy (non-hydrogen) atoms. The number of amides is 1. The monoisotopic (exact) mass is 448 g/mol. The normalized spacial score (nSPS) is 14.8. The number of carbonyl (C=O) groups is 1. The van der Waals surface area contributed by atoms with E-state index in [1.807, 2.05) is 0 Å². The summed E-state index contributed by atoms with van der Waals surface area (Å²) in [6, 6.07) is 3.46. The van der Waals surface area contributed by atoms with E-state index in [4.69, 9.17) is 4.74 Å². The maximum Gasteiger partial charge on any atom is 0.422 e. The lowest BCUT2D eigenvalue weighted by Crippen LogP contribution is -2.31. The van der Waals surface area contributed by atoms with E-state index >= 15 is 0 Å². The highest BCUT2D eigenvalue weighted by Gasteiger charge is 2.29. The van der Waals surface area contributed by atoms with Crippen LogP contribution >= 0.6 is 0 Å². The molecule has 3 aromatic heterocycles. The first-order valence-electron chi connectivity index (χ1n) is 10.3. The van der Waals surface area contributed by atoms with Crippen molar-refractivity contribution < 1.29 is 22.7 Å². The number of fused-ring (bicyclic) bond motifs is 1. The molecule has 4 heterocycles. The fraction of sp³-hybridized carbons (Fsp3) is 0.429. The van der Waals surface area contributed by atoms with Gasteiger partial charge in [-0.1, -0.05) is 0 Å². The predicted molar refractivity (Wildman–Crippen MR) is 111 cm³/mol. The highest BCUT2D eigenvalue weighted by molar-refractivity contribution is 5.99. The maximum absolute atomic E-state index is 12.4. The van der Waals surface area contributed by atoms with Gasteiger partial charge in [0.1, 0.15) is 5.82 Å². The number of alkyl halides is 3. The zero-order chi connectivity index (χ0) is 22.7. The molecule has 0 aliphatic carbocycles. The Morgan fingerprint density at radius 3 is 2.75 bits per heavy atom. The van der Waals surface area contributed by atoms with Gasteiger partial charge in [-0.3, -0.25) is 14.4 Å². The number of likely N-dealkylation sites (tertiary alicyclic amines) is 1. The number of halogens is 3. The van der Waals surface area contributed by atoms with Crippen molar-refractivity contribution in [3.8, 4) is 5.88 Å². The van der Waals surface area contributed by atoms with E-state index in [0.29, 0.717) is 35.4 Å². The van der Waals surface area contributed by atoms with Crippen LogP contribution in [-0.2, 0) is 11.3 Å². The van der Waals surface area contributed by atoms with Crippen molar-refractivity contribution in [1.29, 1.82) is 0 Å². The van der Waals surface area contributed by atoms with Crippen molar-refractivity contribution in [3.05, 3.63) is 41.9 Å². The van der Waals surface area contributed by atoms with Crippen molar-refractivity contribution >= 4 is 22.6 Å². The molecule has 0 spiro atoms. The zero-order valence-corrected chi connectivity index (χ0v) is 17.5. The Hall–Kier alpha value is -3.21. The van der Waals surface area contributed by atoms with Crippen LogP contribution in [0, 0.1) is 6.92 Å². The minimum absolute atomic E-state index is 0.0519. The standard InChI is InChI=1S/C21H23F3N6O2/c1-14-8-15(9-26-20(14)32-13-21(22,23)24)10-30-11-16-17(28-30)4-5-25-19(16)27-18(31)12-29-6-2-3-7-29/h4-5,8-9,11H,2-3,6-7,10,12-13H2,1H3,(H,25,27,31). The largest absolute Gasteiger partial charge is 0.468 e. The van der Waals surface area contributed by atoms with Crippen LogP contribution in [-0.4, -0.2) is 63.0 Å². The van der Waals surface area contributed by atoms with E-state index in [2.05, 4.69) is 25.3 Å². The molecule has 0 saturated carbocycles. The molecule has 4 rings (SSSR count). The molecule has 0 unspecified atom stereocenters. The smallest absolute Gasteiger partial charge is 0.422 e. The van der Waals surface area contributed by atoms with Gasteiger partial charge in [0.05, 0.1) is 24.0 Å². The molecule has 0 bridgehead atoms. The molecule has 8 nitrogen and oxygen atoms in total. The minimum atomic E-state index is -4.42. The van der Waals surface area contributed by atoms with Crippen molar-refractivity contribution in [1.82, 2.24) is 24.6 Å². The second kappa shape index (κ2) is 9.11. The van der Waals surface area contributed by atoms with E-state index in [9.17, 15) is 18.0 Å². The Morgan fingerprint density at radius 2 is 2.03 bits per heavy atom. The summed E-state index contributed by atoms with van der Waals surface area (Å²) in [4.78, 5) is 22.8. The first kappa shape index (κ1) is 22.0. The third-order valence-electron chi connectivity index (χ3n) is 5.11. The molecule has 1 aliphatic rings. The summed E-state index contributed by atoms with van der Waals surface area (Å²) in [5, 5.41) is 8.08. The van der Waals surface area contributed by atoms with Gasteiger partial charge in [-0.25, -0.2) is 9.97 Å². The average molecular weight is 448 g/mol. The summed E-state index contributed by atoms with van der Waals surface area (Å²) in [5.41, 5.74) is 1.92. The second-order valence-electron chi connectivity index (χ2n) is 7.82. The number of anilines is 1. The zero-order valence-electron chi connectivity index (χ0n) is 17.5. The Morgan fingerprint density at radius 1 is 1.25 bits per heavy atom. The van der Waals surface area contributed by atoms with Crippen molar-refractivity contribution in [2.24, 2.45) is 0 Å². The fourth-order valence-electron chi connectivity index (χ4n) is 3.69. The van der Waals surface area contributed by atoms with E-state index in [0.717, 1.165) is 31.5 Å². The summed E-state index contributed by atoms with van der Waals surface area (Å²) in [6.07, 6.45) is 2.62. The predicted octanol–water partition coefficient (Wildman–Crippen LogP) is 3.16. The first-order chi connectivity index (χ1) is 15.3. The van der Waals surface area contributed by atoms with Crippen molar-refractivity contribution in [2.75, 3.05) is 31.6 Å². The van der Waals surface area contributed by atoms with Gasteiger partial charge in [0.25, 0.3) is 0 Å². The molecule has 3 aromatic rings. The van der Waals surface area contributed by atoms with Gasteiger partial charge in [0.2, 0.25) is 11.8 Å². The number of hydrogen-bond donors (Lipinski definition) is 1. The molecular formula is C21H23F3N6O2. The number of nitrogens with zero attached hydrogens (tertiary/aromatic N) is 5. The van der Waals surface area contributed by atoms with Crippen LogP contribution in [0.5, 0.6) is 5.88 Å². The minimum Gasteiger partial charge on any atom is -0.468 e. The van der Waals surface area contributed by atoms with Gasteiger partial charge < -0.3 is 10.1 Å². The summed E-state index contributed by atoms with van der Waals surface area (Å²) >= 11 is 0. The highest BCUT2D eigenvalue weighted by atomic mass is 19.4. The van der Waals surface area contributed by atoms with Gasteiger partial charge in [0.15, 0.2) is 6.61 Å². The summed E-state index contributed by atoms with van der Waals surface area (Å²) < 4.78 is 43.5. The molecule has 0 aromatic carbocycles. The number of rotatable bonds is 7. The molecule has 1 aliphatic heterocycles. The molecule has 170 valence electrons. The van der Waals surface area contributed by atoms with Gasteiger partial charge >= 0.3 is 6.18 Å². The average Bonchev–Trinajstić information content (AvgIpc) is 3.36. The van der Waals surface area contributed by atoms with Crippen LogP contribution in [0.25, 0.3) is 10.9 Å². The molecule has 0 atom stereocenters. The van der Waals surface area contributed by atoms with Crippen LogP contribution in [0.4, 0.5) is 19.0 Å². The Labute approximate surface area is 182 Å². The lowest BCUT2D eigenvalue weighted by molar-refractivity contribution is -0.154. The SMILES string of the molecule is Cc1cc(Cn2cc3c(NC(=O)CN4CCCC4)nccc3n2)cnc1OCC(F)(F)F. The van der Waals surface area contributed by atoms with Crippen LogP contribution in [0.15, 0.2) is 30.7 Å². The summed E-state index contributed by atoms with van der Waals surface area (Å²) in [6.45, 7) is 2.79. The van der Waals surface area contributed by atoms with Gasteiger partial charge in [-0.2, -0.15) is 18.3 Å². The molecule has 1 saturated heterocycles. The molecule has 1 amide bonds. The van der Waals surface area contributed by atoms with Crippen LogP contribution in [0.1, 0.15) is 24.0 Å². The number of aromatic nitrogens is 4. The number of nitrogens with one attached hydrogen (secondary N) is 1. The molecule has 11 heteroatoms. The fourth-order valence-corrected chi connectivity index (χ4v) is 3.69. The van der Waals surface area contributed by atoms with E-state index in [1.54, 1.807) is 36.1 Å². The summed E-state index contributed by atoms with van der Waals surface area (Å²) in [5.74, 6) is 0.279. The number of ether oxygens (including phenoxy) is 1. The summed E-state index contributed by atoms with van der Waals surface area (Å²) in [7, 11) is 0. The topological polar surface area (TPSA) is 85.2 Å². The number of carbonyl (C=O) groups excluding carboxylic acids is 1. The Bertz CT molecular complexity index is 1110. The quantitative estimate of drug-likeness (QED) is 0.598. The lowest BCUT2D eigenvalue weighted by atomic mass is 10.2. The van der Waals surface area contributed by atoms with Crippen LogP contribution < -0.4 is 10.1 Å². The third kappa shape index (κ3) is 5.52.